The highest BCUT2D eigenvalue weighted by molar-refractivity contribution is 6.30. The van der Waals surface area contributed by atoms with Crippen molar-refractivity contribution < 1.29 is 24.1 Å². The quantitative estimate of drug-likeness (QED) is 0.195. The van der Waals surface area contributed by atoms with Crippen LogP contribution in [-0.2, 0) is 9.59 Å². The number of allylic oxidation sites excluding steroid dienone is 2. The number of carbonyl (C=O) groups excluding carboxylic acids is 4. The van der Waals surface area contributed by atoms with E-state index in [1.54, 1.807) is 0 Å². The summed E-state index contributed by atoms with van der Waals surface area (Å²) in [5, 5.41) is 13.2. The second-order valence-corrected chi connectivity index (χ2v) is 10.2. The molecule has 2 saturated carbocycles. The van der Waals surface area contributed by atoms with Crippen LogP contribution in [0.25, 0.3) is 0 Å². The van der Waals surface area contributed by atoms with E-state index in [1.165, 1.54) is 36.4 Å². The van der Waals surface area contributed by atoms with Crippen LogP contribution in [-0.4, -0.2) is 45.0 Å². The number of hydrogen-bond donors (Lipinski definition) is 0. The van der Waals surface area contributed by atoms with Crippen molar-refractivity contribution in [3.63, 3.8) is 0 Å². The number of imide groups is 1. The Kier molecular flexibility index (Phi) is 5.08. The smallest absolute Gasteiger partial charge is 0.273 e. The molecule has 0 unspecified atom stereocenters. The highest BCUT2D eigenvalue weighted by Crippen LogP contribution is 2.65. The number of rotatable bonds is 6. The molecule has 0 radical (unpaired) electrons. The van der Waals surface area contributed by atoms with E-state index in [0.717, 1.165) is 28.6 Å². The Morgan fingerprint density at radius 2 is 1.44 bits per heavy atom. The number of hydrogen-bond acceptors (Lipinski definition) is 6. The molecule has 0 N–H and O–H groups in total. The first kappa shape index (κ1) is 22.6. The van der Waals surface area contributed by atoms with E-state index >= 15 is 0 Å². The van der Waals surface area contributed by atoms with Crippen molar-refractivity contribution in [1.29, 1.82) is 0 Å². The molecule has 7 rings (SSSR count). The molecule has 2 aromatic carbocycles. The van der Waals surface area contributed by atoms with Crippen LogP contribution in [0.1, 0.15) is 27.1 Å². The summed E-state index contributed by atoms with van der Waals surface area (Å²) in [7, 11) is 0. The van der Waals surface area contributed by atoms with Crippen molar-refractivity contribution >= 4 is 40.8 Å². The number of hydrazine groups is 1. The van der Waals surface area contributed by atoms with Gasteiger partial charge in [-0.1, -0.05) is 23.8 Å². The van der Waals surface area contributed by atoms with Gasteiger partial charge < -0.3 is 0 Å². The fourth-order valence-corrected chi connectivity index (χ4v) is 6.28. The van der Waals surface area contributed by atoms with Gasteiger partial charge in [0.05, 0.1) is 16.8 Å². The van der Waals surface area contributed by atoms with Crippen molar-refractivity contribution in [3.05, 3.63) is 86.9 Å². The third-order valence-corrected chi connectivity index (χ3v) is 8.15. The Bertz CT molecular complexity index is 1320. The minimum absolute atomic E-state index is 0.0175. The number of carbonyl (C=O) groups is 4. The number of nitro groups is 1. The zero-order chi connectivity index (χ0) is 25.3. The Balaban J connectivity index is 1.35. The second-order valence-electron chi connectivity index (χ2n) is 9.74. The van der Waals surface area contributed by atoms with Gasteiger partial charge in [-0.15, -0.1) is 0 Å². The first-order valence-corrected chi connectivity index (χ1v) is 12.0. The maximum Gasteiger partial charge on any atom is 0.273 e. The molecule has 3 fully saturated rings. The number of nitrogens with zero attached hydrogens (tertiary/aromatic N) is 3. The largest absolute Gasteiger partial charge is 0.292 e. The molecule has 3 amide bonds. The summed E-state index contributed by atoms with van der Waals surface area (Å²) >= 11 is 5.92. The Labute approximate surface area is 210 Å². The molecule has 182 valence electrons. The maximum atomic E-state index is 13.6. The lowest BCUT2D eigenvalue weighted by Gasteiger charge is -2.37. The zero-order valence-electron chi connectivity index (χ0n) is 18.8. The van der Waals surface area contributed by atoms with Crippen LogP contribution in [0.2, 0.25) is 5.02 Å². The Hall–Kier alpha value is -3.85. The highest BCUT2D eigenvalue weighted by Gasteiger charge is 2.68. The van der Waals surface area contributed by atoms with E-state index in [4.69, 9.17) is 11.6 Å². The van der Waals surface area contributed by atoms with Crippen molar-refractivity contribution in [3.8, 4) is 0 Å². The van der Waals surface area contributed by atoms with Crippen LogP contribution in [0.4, 0.5) is 5.69 Å². The van der Waals surface area contributed by atoms with Gasteiger partial charge >= 0.3 is 0 Å². The van der Waals surface area contributed by atoms with E-state index in [-0.39, 0.29) is 28.7 Å². The van der Waals surface area contributed by atoms with Crippen LogP contribution < -0.4 is 0 Å². The number of benzene rings is 2. The first-order chi connectivity index (χ1) is 17.3. The van der Waals surface area contributed by atoms with Gasteiger partial charge in [-0.3, -0.25) is 29.3 Å². The van der Waals surface area contributed by atoms with Gasteiger partial charge in [-0.2, -0.15) is 5.01 Å². The topological polar surface area (TPSA) is 118 Å². The van der Waals surface area contributed by atoms with E-state index in [1.807, 2.05) is 12.2 Å². The molecular formula is C26H20ClN3O6. The standard InChI is InChI=1S/C26H20ClN3O6/c27-15-5-1-13(2-6-15)21(31)12-28(24(32)14-3-7-16(8-4-14)30(35)36)29-25(33)22-17-9-10-18(20-11-19(17)20)23(22)26(29)34/h1-10,17-20,22-23H,11-12H2/t17-,18-,19-,20-,22+,23+/m0/s1. The maximum absolute atomic E-state index is 13.6. The predicted molar refractivity (Wildman–Crippen MR) is 126 cm³/mol. The number of nitro benzene ring substituents is 1. The fourth-order valence-electron chi connectivity index (χ4n) is 6.15. The third-order valence-electron chi connectivity index (χ3n) is 7.90. The van der Waals surface area contributed by atoms with E-state index in [2.05, 4.69) is 0 Å². The first-order valence-electron chi connectivity index (χ1n) is 11.7. The third kappa shape index (κ3) is 3.37. The van der Waals surface area contributed by atoms with Crippen molar-refractivity contribution in [2.45, 2.75) is 6.42 Å². The van der Waals surface area contributed by atoms with Crippen LogP contribution >= 0.6 is 11.6 Å². The number of amides is 3. The lowest BCUT2D eigenvalue weighted by Crippen LogP contribution is -2.52. The second kappa shape index (κ2) is 8.09. The van der Waals surface area contributed by atoms with Gasteiger partial charge in [0.15, 0.2) is 5.78 Å². The summed E-state index contributed by atoms with van der Waals surface area (Å²) in [6.45, 7) is -0.552. The van der Waals surface area contributed by atoms with Gasteiger partial charge in [0.25, 0.3) is 23.4 Å². The van der Waals surface area contributed by atoms with Crippen molar-refractivity contribution in [2.75, 3.05) is 6.54 Å². The predicted octanol–water partition coefficient (Wildman–Crippen LogP) is 3.54. The minimum atomic E-state index is -0.766. The number of Topliss-reactive ketones (excluding diaryl/α,β-unsaturated/α-hetero) is 1. The Morgan fingerprint density at radius 1 is 0.917 bits per heavy atom. The molecule has 9 nitrogen and oxygen atoms in total. The lowest BCUT2D eigenvalue weighted by molar-refractivity contribution is -0.384. The summed E-state index contributed by atoms with van der Waals surface area (Å²) < 4.78 is 0. The van der Waals surface area contributed by atoms with Crippen molar-refractivity contribution in [1.82, 2.24) is 10.0 Å². The molecule has 1 heterocycles. The van der Waals surface area contributed by atoms with Crippen LogP contribution in [0.15, 0.2) is 60.7 Å². The minimum Gasteiger partial charge on any atom is -0.292 e. The molecule has 6 atom stereocenters. The van der Waals surface area contributed by atoms with Gasteiger partial charge in [-0.05, 0) is 66.5 Å². The summed E-state index contributed by atoms with van der Waals surface area (Å²) in [6, 6.07) is 10.9. The lowest BCUT2D eigenvalue weighted by atomic mass is 9.63. The molecule has 0 aromatic heterocycles. The summed E-state index contributed by atoms with van der Waals surface area (Å²) in [4.78, 5) is 64.5. The van der Waals surface area contributed by atoms with Gasteiger partial charge in [0.1, 0.15) is 6.54 Å². The molecule has 10 heteroatoms. The fraction of sp³-hybridized carbons (Fsp3) is 0.308. The van der Waals surface area contributed by atoms with Gasteiger partial charge in [0.2, 0.25) is 0 Å². The summed E-state index contributed by atoms with van der Waals surface area (Å²) in [6.07, 6.45) is 5.04. The SMILES string of the molecule is O=C(CN(C(=O)c1ccc([N+](=O)[O-])cc1)N1C(=O)[C@@H]2[C@H]3C=C[C@@H]([C@@H]4C[C@@H]34)[C@H]2C1=O)c1ccc(Cl)cc1. The molecule has 1 aliphatic heterocycles. The molecular weight excluding hydrogens is 486 g/mol. The van der Waals surface area contributed by atoms with Crippen LogP contribution in [0.3, 0.4) is 0 Å². The molecule has 2 aromatic rings. The molecule has 5 aliphatic rings. The molecule has 0 spiro atoms. The highest BCUT2D eigenvalue weighted by atomic mass is 35.5. The zero-order valence-corrected chi connectivity index (χ0v) is 19.6. The van der Waals surface area contributed by atoms with Crippen molar-refractivity contribution in [2.24, 2.45) is 35.5 Å². The van der Waals surface area contributed by atoms with Crippen LogP contribution in [0, 0.1) is 45.6 Å². The van der Waals surface area contributed by atoms with Gasteiger partial charge in [-0.25, -0.2) is 5.01 Å². The average Bonchev–Trinajstić information content (AvgIpc) is 3.66. The molecule has 1 saturated heterocycles. The molecule has 2 bridgehead atoms. The number of non-ortho nitro benzene ring substituents is 1. The monoisotopic (exact) mass is 505 g/mol. The molecule has 36 heavy (non-hydrogen) atoms. The van der Waals surface area contributed by atoms with Gasteiger partial charge in [0, 0.05) is 28.3 Å². The number of ketones is 1. The van der Waals surface area contributed by atoms with E-state index in [0.29, 0.717) is 16.9 Å². The molecule has 4 aliphatic carbocycles. The Morgan fingerprint density at radius 3 is 1.97 bits per heavy atom. The summed E-state index contributed by atoms with van der Waals surface area (Å²) in [5.41, 5.74) is 0.0703. The van der Waals surface area contributed by atoms with E-state index in [9.17, 15) is 29.3 Å². The van der Waals surface area contributed by atoms with Crippen LogP contribution in [0.5, 0.6) is 0 Å². The normalized spacial score (nSPS) is 29.1. The summed E-state index contributed by atoms with van der Waals surface area (Å²) in [5.74, 6) is -2.63. The number of halogens is 1. The average molecular weight is 506 g/mol. The van der Waals surface area contributed by atoms with E-state index < -0.39 is 46.8 Å².